The van der Waals surface area contributed by atoms with Crippen LogP contribution in [0.4, 0.5) is 0 Å². The second kappa shape index (κ2) is 16.2. The van der Waals surface area contributed by atoms with Crippen molar-refractivity contribution < 1.29 is 20.4 Å². The first-order valence-corrected chi connectivity index (χ1v) is 12.7. The average molecular weight is 550 g/mol. The molecule has 0 radical (unpaired) electrons. The van der Waals surface area contributed by atoms with E-state index >= 15 is 0 Å². The maximum absolute atomic E-state index is 10.8. The van der Waals surface area contributed by atoms with E-state index < -0.39 is 0 Å². The molecule has 0 aliphatic rings. The zero-order valence-electron chi connectivity index (χ0n) is 24.3. The van der Waals surface area contributed by atoms with E-state index in [4.69, 9.17) is 0 Å². The largest absolute Gasteiger partial charge is 3.00 e. The van der Waals surface area contributed by atoms with Crippen LogP contribution in [-0.4, -0.2) is 27.5 Å². The number of fused-ring (bicyclic) bond motifs is 1. The Morgan fingerprint density at radius 2 is 0.925 bits per heavy atom. The molecule has 0 aliphatic carbocycles. The van der Waals surface area contributed by atoms with Crippen LogP contribution in [0.2, 0.25) is 0 Å². The number of hydrogen-bond acceptors (Lipinski definition) is 5. The van der Waals surface area contributed by atoms with Gasteiger partial charge in [0.15, 0.2) is 0 Å². The van der Waals surface area contributed by atoms with Gasteiger partial charge in [0.05, 0.1) is 0 Å². The maximum Gasteiger partial charge on any atom is 3.00 e. The average Bonchev–Trinajstić information content (AvgIpc) is 2.88. The van der Waals surface area contributed by atoms with Crippen molar-refractivity contribution in [3.63, 3.8) is 0 Å². The molecule has 0 aliphatic heterocycles. The Balaban J connectivity index is 0.000000267. The van der Waals surface area contributed by atoms with Gasteiger partial charge in [-0.3, -0.25) is 0 Å². The zero-order chi connectivity index (χ0) is 29.1. The monoisotopic (exact) mass is 549 g/mol. The molecular formula is C34H36AlNO4. The molecule has 4 aromatic carbocycles. The van der Waals surface area contributed by atoms with E-state index in [1.807, 2.05) is 109 Å². The summed E-state index contributed by atoms with van der Waals surface area (Å²) in [4.78, 5) is 4.23. The van der Waals surface area contributed by atoms with Crippen LogP contribution < -0.4 is 15.3 Å². The standard InChI is InChI=1S/C10H9NO.3C8H10O.Al/c1-7-5-6-8-3-2-4-9(12)10(8)11-7;3*1-6-3-4-7(2)8(9)5-6;/h2-6,12H,1H3;3*3-5,9H,1-2H3;/q;;;;+3/p-3. The minimum absolute atomic E-state index is 0. The predicted molar refractivity (Wildman–Crippen MR) is 160 cm³/mol. The van der Waals surface area contributed by atoms with E-state index in [0.717, 1.165) is 44.5 Å². The molecule has 0 fully saturated rings. The molecule has 0 saturated heterocycles. The van der Waals surface area contributed by atoms with Gasteiger partial charge >= 0.3 is 17.4 Å². The van der Waals surface area contributed by atoms with Crippen LogP contribution >= 0.6 is 0 Å². The quantitative estimate of drug-likeness (QED) is 0.239. The van der Waals surface area contributed by atoms with Gasteiger partial charge in [-0.25, -0.2) is 4.98 Å². The fraction of sp³-hybridized carbons (Fsp3) is 0.206. The Bertz CT molecular complexity index is 1420. The first-order chi connectivity index (χ1) is 18.4. The third-order valence-corrected chi connectivity index (χ3v) is 5.87. The van der Waals surface area contributed by atoms with E-state index in [9.17, 15) is 20.4 Å². The van der Waals surface area contributed by atoms with Gasteiger partial charge in [0, 0.05) is 11.1 Å². The van der Waals surface area contributed by atoms with Gasteiger partial charge in [-0.05, 0) is 60.6 Å². The number of nitrogens with zero attached hydrogens (tertiary/aromatic N) is 1. The van der Waals surface area contributed by atoms with E-state index in [2.05, 4.69) is 4.98 Å². The second-order valence-electron chi connectivity index (χ2n) is 9.61. The maximum atomic E-state index is 10.8. The van der Waals surface area contributed by atoms with Gasteiger partial charge in [0.2, 0.25) is 0 Å². The van der Waals surface area contributed by atoms with Crippen LogP contribution in [0.3, 0.4) is 0 Å². The summed E-state index contributed by atoms with van der Waals surface area (Å²) >= 11 is 0. The fourth-order valence-electron chi connectivity index (χ4n) is 3.35. The SMILES string of the molecule is Cc1ccc(C)c([O-])c1.Cc1ccc(C)c([O-])c1.Cc1ccc(C)c([O-])c1.Cc1ccc2cccc(O)c2n1.[Al+3]. The Morgan fingerprint density at radius 1 is 0.525 bits per heavy atom. The van der Waals surface area contributed by atoms with Gasteiger partial charge in [-0.15, -0.1) is 17.2 Å². The van der Waals surface area contributed by atoms with Crippen LogP contribution in [0.25, 0.3) is 10.9 Å². The second-order valence-corrected chi connectivity index (χ2v) is 9.61. The first kappa shape index (κ1) is 34.1. The Labute approximate surface area is 248 Å². The third-order valence-electron chi connectivity index (χ3n) is 5.87. The molecule has 1 heterocycles. The summed E-state index contributed by atoms with van der Waals surface area (Å²) in [6.07, 6.45) is 0. The number of phenols is 1. The third kappa shape index (κ3) is 11.0. The van der Waals surface area contributed by atoms with Gasteiger partial charge in [0.1, 0.15) is 11.3 Å². The molecule has 0 bridgehead atoms. The van der Waals surface area contributed by atoms with Crippen molar-refractivity contribution in [3.05, 3.63) is 124 Å². The summed E-state index contributed by atoms with van der Waals surface area (Å²) in [6.45, 7) is 13.1. The molecule has 5 aromatic rings. The molecule has 5 nitrogen and oxygen atoms in total. The van der Waals surface area contributed by atoms with E-state index in [0.29, 0.717) is 5.52 Å². The first-order valence-electron chi connectivity index (χ1n) is 12.7. The van der Waals surface area contributed by atoms with E-state index in [-0.39, 0.29) is 40.4 Å². The molecule has 40 heavy (non-hydrogen) atoms. The number of aryl methyl sites for hydroxylation is 7. The van der Waals surface area contributed by atoms with Crippen molar-refractivity contribution in [2.75, 3.05) is 0 Å². The Morgan fingerprint density at radius 3 is 1.27 bits per heavy atom. The number of aromatic nitrogens is 1. The van der Waals surface area contributed by atoms with Crippen LogP contribution in [0, 0.1) is 48.5 Å². The predicted octanol–water partition coefficient (Wildman–Crippen LogP) is 6.00. The Kier molecular flexibility index (Phi) is 13.8. The molecule has 0 saturated carbocycles. The zero-order valence-corrected chi connectivity index (χ0v) is 25.4. The number of para-hydroxylation sites is 1. The van der Waals surface area contributed by atoms with Crippen molar-refractivity contribution >= 4 is 28.3 Å². The summed E-state index contributed by atoms with van der Waals surface area (Å²) in [5, 5.41) is 42.9. The summed E-state index contributed by atoms with van der Waals surface area (Å²) in [7, 11) is 0. The van der Waals surface area contributed by atoms with Gasteiger partial charge in [-0.1, -0.05) is 106 Å². The summed E-state index contributed by atoms with van der Waals surface area (Å²) in [6, 6.07) is 25.6. The number of pyridine rings is 1. The molecule has 5 rings (SSSR count). The molecule has 0 unspecified atom stereocenters. The summed E-state index contributed by atoms with van der Waals surface area (Å²) < 4.78 is 0. The summed E-state index contributed by atoms with van der Waals surface area (Å²) in [5.74, 6) is 0.649. The smallest absolute Gasteiger partial charge is 0.872 e. The molecule has 6 heteroatoms. The Hall–Kier alpha value is -3.98. The molecule has 204 valence electrons. The van der Waals surface area contributed by atoms with Crippen LogP contribution in [-0.2, 0) is 0 Å². The number of hydrogen-bond donors (Lipinski definition) is 1. The minimum atomic E-state index is 0. The van der Waals surface area contributed by atoms with Crippen molar-refractivity contribution in [1.82, 2.24) is 4.98 Å². The molecule has 1 N–H and O–H groups in total. The molecule has 0 spiro atoms. The van der Waals surface area contributed by atoms with Gasteiger partial charge in [-0.2, -0.15) is 0 Å². The van der Waals surface area contributed by atoms with Crippen molar-refractivity contribution in [2.24, 2.45) is 0 Å². The molecule has 0 amide bonds. The van der Waals surface area contributed by atoms with Crippen LogP contribution in [0.1, 0.15) is 39.1 Å². The topological polar surface area (TPSA) is 102 Å². The number of phenolic OH excluding ortho intramolecular Hbond substituents is 1. The van der Waals surface area contributed by atoms with E-state index in [1.54, 1.807) is 24.3 Å². The normalized spacial score (nSPS) is 9.57. The molecule has 0 atom stereocenters. The number of benzene rings is 4. The minimum Gasteiger partial charge on any atom is -0.872 e. The molecular weight excluding hydrogens is 513 g/mol. The van der Waals surface area contributed by atoms with Crippen molar-refractivity contribution in [3.8, 4) is 23.0 Å². The summed E-state index contributed by atoms with van der Waals surface area (Å²) in [5.41, 5.74) is 7.16. The number of aromatic hydroxyl groups is 1. The number of rotatable bonds is 0. The van der Waals surface area contributed by atoms with Crippen molar-refractivity contribution in [2.45, 2.75) is 48.5 Å². The van der Waals surface area contributed by atoms with Crippen LogP contribution in [0.5, 0.6) is 23.0 Å². The van der Waals surface area contributed by atoms with Gasteiger partial charge < -0.3 is 20.4 Å². The molecule has 1 aromatic heterocycles. The van der Waals surface area contributed by atoms with Crippen molar-refractivity contribution in [1.29, 1.82) is 0 Å². The van der Waals surface area contributed by atoms with Gasteiger partial charge in [0.25, 0.3) is 0 Å². The van der Waals surface area contributed by atoms with Crippen LogP contribution in [0.15, 0.2) is 84.9 Å². The fourth-order valence-corrected chi connectivity index (χ4v) is 3.35. The van der Waals surface area contributed by atoms with E-state index in [1.165, 1.54) is 0 Å².